The number of nitrogens with one attached hydrogen (secondary N) is 2. The van der Waals surface area contributed by atoms with Gasteiger partial charge < -0.3 is 48.5 Å². The molecule has 302 valence electrons. The third kappa shape index (κ3) is 20.4. The van der Waals surface area contributed by atoms with Gasteiger partial charge in [-0.15, -0.1) is 0 Å². The molecular formula is C44H56N2O10. The van der Waals surface area contributed by atoms with Crippen LogP contribution in [0, 0.1) is 0 Å². The zero-order valence-corrected chi connectivity index (χ0v) is 32.2. The van der Waals surface area contributed by atoms with Gasteiger partial charge in [0.2, 0.25) is 0 Å². The van der Waals surface area contributed by atoms with Crippen molar-refractivity contribution in [3.05, 3.63) is 135 Å². The molecule has 3 rings (SSSR count). The number of allylic oxidation sites excluding steroid dienone is 2. The number of alkyl carbamates (subject to hydrolysis) is 2. The molecule has 0 aliphatic heterocycles. The first-order chi connectivity index (χ1) is 27.3. The maximum atomic E-state index is 12.7. The van der Waals surface area contributed by atoms with Gasteiger partial charge in [-0.3, -0.25) is 0 Å². The van der Waals surface area contributed by atoms with Crippen LogP contribution < -0.4 is 29.6 Å². The number of ether oxygens (including phenoxy) is 8. The first-order valence-corrected chi connectivity index (χ1v) is 18.8. The van der Waals surface area contributed by atoms with Crippen LogP contribution in [0.5, 0.6) is 23.0 Å². The molecule has 12 nitrogen and oxygen atoms in total. The summed E-state index contributed by atoms with van der Waals surface area (Å²) in [5, 5.41) is 5.58. The molecule has 0 saturated carbocycles. The summed E-state index contributed by atoms with van der Waals surface area (Å²) < 4.78 is 46.0. The standard InChI is InChI=1S/C44H56N2O10/c1-5-35(3)49-28-17-9-15-26-45-43(47)55-41(31-51-37-20-11-7-12-21-37)33-53-39-24-19-25-40(30-39)54-34-42(32-52-38-22-13-8-14-23-38)56-44(48)46-27-16-10-18-29-50-36(4)6-2/h5-8,11-14,19-25,30,41-42H,1-4,9-10,15-18,26-29,31-34H2,(H,45,47)(H,46,48). The van der Waals surface area contributed by atoms with E-state index in [1.165, 1.54) is 0 Å². The molecule has 2 atom stereocenters. The lowest BCUT2D eigenvalue weighted by Crippen LogP contribution is -2.36. The van der Waals surface area contributed by atoms with Gasteiger partial charge in [-0.25, -0.2) is 9.59 Å². The first kappa shape index (κ1) is 44.4. The van der Waals surface area contributed by atoms with Crippen molar-refractivity contribution in [3.63, 3.8) is 0 Å². The molecule has 2 N–H and O–H groups in total. The smallest absolute Gasteiger partial charge is 0.407 e. The fraction of sp³-hybridized carbons (Fsp3) is 0.364. The van der Waals surface area contributed by atoms with Crippen molar-refractivity contribution in [2.45, 2.75) is 50.7 Å². The quantitative estimate of drug-likeness (QED) is 0.0386. The summed E-state index contributed by atoms with van der Waals surface area (Å²) in [5.74, 6) is 3.31. The minimum absolute atomic E-state index is 0.0161. The SMILES string of the molecule is C=CC(=C)OCCCCCNC(=O)OC(COc1ccccc1)COc1cccc(OCC(COc2ccccc2)OC(=O)NCCCCCOC(=C)C=C)c1. The Balaban J connectivity index is 1.50. The molecule has 0 aromatic heterocycles. The molecule has 0 spiro atoms. The summed E-state index contributed by atoms with van der Waals surface area (Å²) in [7, 11) is 0. The van der Waals surface area contributed by atoms with Crippen LogP contribution in [0.3, 0.4) is 0 Å². The van der Waals surface area contributed by atoms with Gasteiger partial charge in [0.25, 0.3) is 0 Å². The average molecular weight is 773 g/mol. The van der Waals surface area contributed by atoms with Crippen LogP contribution in [-0.2, 0) is 18.9 Å². The molecule has 56 heavy (non-hydrogen) atoms. The van der Waals surface area contributed by atoms with Gasteiger partial charge in [-0.1, -0.05) is 68.8 Å². The number of hydrogen-bond acceptors (Lipinski definition) is 10. The summed E-state index contributed by atoms with van der Waals surface area (Å²) >= 11 is 0. The van der Waals surface area contributed by atoms with Crippen LogP contribution >= 0.6 is 0 Å². The number of amides is 2. The molecule has 3 aromatic rings. The van der Waals surface area contributed by atoms with Crippen LogP contribution in [0.15, 0.2) is 135 Å². The summed E-state index contributed by atoms with van der Waals surface area (Å²) in [4.78, 5) is 25.4. The Morgan fingerprint density at radius 1 is 0.518 bits per heavy atom. The van der Waals surface area contributed by atoms with E-state index in [-0.39, 0.29) is 26.4 Å². The molecule has 0 aliphatic rings. The summed E-state index contributed by atoms with van der Waals surface area (Å²) in [6.45, 7) is 16.8. The van der Waals surface area contributed by atoms with Crippen molar-refractivity contribution < 1.29 is 47.5 Å². The molecule has 2 unspecified atom stereocenters. The number of hydrogen-bond donors (Lipinski definition) is 2. The number of rotatable bonds is 30. The Bertz CT molecular complexity index is 1490. The molecule has 0 saturated heterocycles. The Morgan fingerprint density at radius 3 is 1.29 bits per heavy atom. The lowest BCUT2D eigenvalue weighted by molar-refractivity contribution is 0.0340. The van der Waals surface area contributed by atoms with Gasteiger partial charge in [-0.2, -0.15) is 0 Å². The van der Waals surface area contributed by atoms with E-state index in [4.69, 9.17) is 37.9 Å². The lowest BCUT2D eigenvalue weighted by Gasteiger charge is -2.21. The van der Waals surface area contributed by atoms with Crippen LogP contribution in [-0.4, -0.2) is 77.1 Å². The topological polar surface area (TPSA) is 132 Å². The van der Waals surface area contributed by atoms with E-state index >= 15 is 0 Å². The van der Waals surface area contributed by atoms with Gasteiger partial charge in [0.05, 0.1) is 13.2 Å². The largest absolute Gasteiger partial charge is 0.494 e. The molecule has 0 radical (unpaired) electrons. The highest BCUT2D eigenvalue weighted by atomic mass is 16.6. The van der Waals surface area contributed by atoms with Crippen molar-refractivity contribution in [2.75, 3.05) is 52.7 Å². The maximum Gasteiger partial charge on any atom is 0.407 e. The molecule has 0 fully saturated rings. The highest BCUT2D eigenvalue weighted by Gasteiger charge is 2.19. The average Bonchev–Trinajstić information content (AvgIpc) is 3.22. The Kier molecular flexibility index (Phi) is 21.8. The van der Waals surface area contributed by atoms with Gasteiger partial charge in [-0.05, 0) is 87.1 Å². The second kappa shape index (κ2) is 27.5. The van der Waals surface area contributed by atoms with E-state index in [0.717, 1.165) is 38.5 Å². The van der Waals surface area contributed by atoms with Gasteiger partial charge in [0, 0.05) is 19.2 Å². The third-order valence-electron chi connectivity index (χ3n) is 7.79. The van der Waals surface area contributed by atoms with E-state index in [1.807, 2.05) is 60.7 Å². The van der Waals surface area contributed by atoms with E-state index in [2.05, 4.69) is 36.9 Å². The molecule has 3 aromatic carbocycles. The number of benzene rings is 3. The number of carbonyl (C=O) groups excluding carboxylic acids is 2. The van der Waals surface area contributed by atoms with Crippen molar-refractivity contribution in [1.29, 1.82) is 0 Å². The molecule has 12 heteroatoms. The Hall–Kier alpha value is -6.04. The Morgan fingerprint density at radius 2 is 0.893 bits per heavy atom. The normalized spacial score (nSPS) is 11.4. The summed E-state index contributed by atoms with van der Waals surface area (Å²) in [6.07, 6.45) is 5.41. The van der Waals surface area contributed by atoms with E-state index < -0.39 is 24.4 Å². The molecule has 2 amide bonds. The predicted molar refractivity (Wildman–Crippen MR) is 216 cm³/mol. The van der Waals surface area contributed by atoms with E-state index in [0.29, 0.717) is 60.8 Å². The van der Waals surface area contributed by atoms with Crippen molar-refractivity contribution in [1.82, 2.24) is 10.6 Å². The van der Waals surface area contributed by atoms with Crippen molar-refractivity contribution in [2.24, 2.45) is 0 Å². The van der Waals surface area contributed by atoms with Crippen molar-refractivity contribution in [3.8, 4) is 23.0 Å². The maximum absolute atomic E-state index is 12.7. The van der Waals surface area contributed by atoms with Gasteiger partial charge in [0.15, 0.2) is 12.2 Å². The molecule has 0 aliphatic carbocycles. The highest BCUT2D eigenvalue weighted by Crippen LogP contribution is 2.21. The fourth-order valence-electron chi connectivity index (χ4n) is 4.78. The van der Waals surface area contributed by atoms with Crippen LogP contribution in [0.1, 0.15) is 38.5 Å². The highest BCUT2D eigenvalue weighted by molar-refractivity contribution is 5.67. The number of para-hydroxylation sites is 2. The van der Waals surface area contributed by atoms with Crippen LogP contribution in [0.4, 0.5) is 9.59 Å². The summed E-state index contributed by atoms with van der Waals surface area (Å²) in [5.41, 5.74) is 0. The van der Waals surface area contributed by atoms with Gasteiger partial charge in [0.1, 0.15) is 60.9 Å². The zero-order chi connectivity index (χ0) is 40.1. The van der Waals surface area contributed by atoms with E-state index in [9.17, 15) is 9.59 Å². The number of unbranched alkanes of at least 4 members (excludes halogenated alkanes) is 4. The lowest BCUT2D eigenvalue weighted by atomic mass is 10.2. The van der Waals surface area contributed by atoms with Crippen LogP contribution in [0.25, 0.3) is 0 Å². The van der Waals surface area contributed by atoms with Gasteiger partial charge >= 0.3 is 12.2 Å². The molecule has 0 heterocycles. The second-order valence-electron chi connectivity index (χ2n) is 12.4. The zero-order valence-electron chi connectivity index (χ0n) is 32.2. The predicted octanol–water partition coefficient (Wildman–Crippen LogP) is 8.57. The molecular weight excluding hydrogens is 716 g/mol. The first-order valence-electron chi connectivity index (χ1n) is 18.8. The molecule has 0 bridgehead atoms. The van der Waals surface area contributed by atoms with Crippen LogP contribution in [0.2, 0.25) is 0 Å². The summed E-state index contributed by atoms with van der Waals surface area (Å²) in [6, 6.07) is 25.5. The monoisotopic (exact) mass is 772 g/mol. The van der Waals surface area contributed by atoms with E-state index in [1.54, 1.807) is 36.4 Å². The third-order valence-corrected chi connectivity index (χ3v) is 7.79. The second-order valence-corrected chi connectivity index (χ2v) is 12.4. The Labute approximate surface area is 331 Å². The fourth-order valence-corrected chi connectivity index (χ4v) is 4.78. The minimum atomic E-state index is -0.727. The minimum Gasteiger partial charge on any atom is -0.494 e. The number of carbonyl (C=O) groups is 2. The van der Waals surface area contributed by atoms with Crippen molar-refractivity contribution >= 4 is 12.2 Å².